The number of aromatic nitrogens is 2. The third-order valence-electron chi connectivity index (χ3n) is 3.53. The van der Waals surface area contributed by atoms with E-state index in [2.05, 4.69) is 15.3 Å². The van der Waals surface area contributed by atoms with Crippen molar-refractivity contribution in [1.82, 2.24) is 9.97 Å². The number of aliphatic hydroxyl groups excluding tert-OH is 1. The van der Waals surface area contributed by atoms with E-state index in [1.807, 2.05) is 19.1 Å². The van der Waals surface area contributed by atoms with Gasteiger partial charge in [0.1, 0.15) is 5.75 Å². The van der Waals surface area contributed by atoms with E-state index < -0.39 is 0 Å². The largest absolute Gasteiger partial charge is 0.495 e. The highest BCUT2D eigenvalue weighted by atomic mass is 32.2. The number of amides is 1. The van der Waals surface area contributed by atoms with Crippen molar-refractivity contribution >= 4 is 23.4 Å². The third-order valence-corrected chi connectivity index (χ3v) is 4.40. The van der Waals surface area contributed by atoms with Crippen LogP contribution in [0, 0.1) is 13.8 Å². The van der Waals surface area contributed by atoms with E-state index in [1.54, 1.807) is 20.1 Å². The van der Waals surface area contributed by atoms with E-state index in [0.29, 0.717) is 27.9 Å². The second-order valence-electron chi connectivity index (χ2n) is 5.45. The minimum atomic E-state index is -0.287. The number of nitrogens with zero attached hydrogens (tertiary/aromatic N) is 1. The summed E-state index contributed by atoms with van der Waals surface area (Å²) in [7, 11) is 1.54. The van der Waals surface area contributed by atoms with Crippen molar-refractivity contribution in [3.8, 4) is 5.75 Å². The highest BCUT2D eigenvalue weighted by Gasteiger charge is 2.11. The number of methoxy groups -OCH3 is 1. The molecule has 0 saturated carbocycles. The molecule has 3 N–H and O–H groups in total. The first-order chi connectivity index (χ1) is 11.9. The summed E-state index contributed by atoms with van der Waals surface area (Å²) in [5.74, 6) is 0.451. The molecule has 2 aromatic rings. The number of carbonyl (C=O) groups excluding carboxylic acids is 1. The van der Waals surface area contributed by atoms with Crippen LogP contribution in [0.25, 0.3) is 0 Å². The Hall–Kier alpha value is -2.32. The van der Waals surface area contributed by atoms with E-state index >= 15 is 0 Å². The lowest BCUT2D eigenvalue weighted by Gasteiger charge is -2.11. The quantitative estimate of drug-likeness (QED) is 0.510. The van der Waals surface area contributed by atoms with Crippen molar-refractivity contribution in [2.75, 3.05) is 24.8 Å². The average Bonchev–Trinajstić information content (AvgIpc) is 2.56. The van der Waals surface area contributed by atoms with Gasteiger partial charge in [-0.2, -0.15) is 0 Å². The molecule has 0 saturated heterocycles. The molecule has 0 aliphatic rings. The lowest BCUT2D eigenvalue weighted by molar-refractivity contribution is -0.113. The molecule has 8 heteroatoms. The Kier molecular flexibility index (Phi) is 6.60. The molecule has 1 aromatic carbocycles. The van der Waals surface area contributed by atoms with Crippen molar-refractivity contribution in [3.63, 3.8) is 0 Å². The molecule has 134 valence electrons. The first-order valence-electron chi connectivity index (χ1n) is 7.72. The molecule has 7 nitrogen and oxygen atoms in total. The van der Waals surface area contributed by atoms with Gasteiger partial charge in [0.25, 0.3) is 5.56 Å². The molecule has 0 bridgehead atoms. The number of hydrogen-bond acceptors (Lipinski definition) is 6. The number of rotatable bonds is 7. The van der Waals surface area contributed by atoms with Gasteiger partial charge in [-0.1, -0.05) is 17.8 Å². The molecule has 0 aliphatic heterocycles. The van der Waals surface area contributed by atoms with Crippen molar-refractivity contribution in [3.05, 3.63) is 45.4 Å². The zero-order valence-corrected chi connectivity index (χ0v) is 15.2. The summed E-state index contributed by atoms with van der Waals surface area (Å²) in [4.78, 5) is 31.0. The first-order valence-corrected chi connectivity index (χ1v) is 8.71. The molecular formula is C17H21N3O4S. The molecule has 0 atom stereocenters. The Labute approximate surface area is 149 Å². The van der Waals surface area contributed by atoms with Crippen LogP contribution < -0.4 is 15.6 Å². The van der Waals surface area contributed by atoms with Crippen molar-refractivity contribution in [2.45, 2.75) is 25.4 Å². The monoisotopic (exact) mass is 363 g/mol. The Morgan fingerprint density at radius 3 is 2.80 bits per heavy atom. The molecule has 0 radical (unpaired) electrons. The Morgan fingerprint density at radius 1 is 1.40 bits per heavy atom. The van der Waals surface area contributed by atoms with Crippen LogP contribution in [0.1, 0.15) is 16.8 Å². The zero-order chi connectivity index (χ0) is 18.4. The van der Waals surface area contributed by atoms with Gasteiger partial charge in [-0.05, 0) is 31.5 Å². The van der Waals surface area contributed by atoms with Crippen molar-refractivity contribution < 1.29 is 14.6 Å². The van der Waals surface area contributed by atoms with Crippen LogP contribution in [0.15, 0.2) is 28.2 Å². The number of benzene rings is 1. The van der Waals surface area contributed by atoms with Crippen LogP contribution in [0.2, 0.25) is 0 Å². The van der Waals surface area contributed by atoms with Gasteiger partial charge in [0.2, 0.25) is 5.91 Å². The number of aromatic amines is 1. The number of nitrogens with one attached hydrogen (secondary N) is 2. The predicted octanol–water partition coefficient (Wildman–Crippen LogP) is 1.66. The predicted molar refractivity (Wildman–Crippen MR) is 97.5 cm³/mol. The van der Waals surface area contributed by atoms with Gasteiger partial charge in [-0.15, -0.1) is 0 Å². The van der Waals surface area contributed by atoms with Crippen LogP contribution in [-0.4, -0.2) is 40.5 Å². The van der Waals surface area contributed by atoms with Gasteiger partial charge in [0.15, 0.2) is 5.16 Å². The Morgan fingerprint density at radius 2 is 2.16 bits per heavy atom. The molecular weight excluding hydrogens is 342 g/mol. The maximum Gasteiger partial charge on any atom is 0.255 e. The van der Waals surface area contributed by atoms with Crippen molar-refractivity contribution in [2.24, 2.45) is 0 Å². The second-order valence-corrected chi connectivity index (χ2v) is 6.41. The molecule has 1 amide bonds. The van der Waals surface area contributed by atoms with Crippen LogP contribution in [0.4, 0.5) is 5.69 Å². The summed E-state index contributed by atoms with van der Waals surface area (Å²) >= 11 is 1.14. The maximum absolute atomic E-state index is 12.2. The van der Waals surface area contributed by atoms with E-state index in [4.69, 9.17) is 9.84 Å². The summed E-state index contributed by atoms with van der Waals surface area (Å²) in [6.45, 7) is 3.52. The van der Waals surface area contributed by atoms with Gasteiger partial charge < -0.3 is 20.1 Å². The van der Waals surface area contributed by atoms with Crippen LogP contribution in [0.5, 0.6) is 5.75 Å². The lowest BCUT2D eigenvalue weighted by Crippen LogP contribution is -2.19. The number of anilines is 1. The number of aryl methyl sites for hydroxylation is 2. The molecule has 0 fully saturated rings. The molecule has 0 unspecified atom stereocenters. The van der Waals surface area contributed by atoms with E-state index in [-0.39, 0.29) is 30.2 Å². The van der Waals surface area contributed by atoms with Gasteiger partial charge >= 0.3 is 0 Å². The fraction of sp³-hybridized carbons (Fsp3) is 0.353. The van der Waals surface area contributed by atoms with Crippen LogP contribution in [-0.2, 0) is 11.2 Å². The summed E-state index contributed by atoms with van der Waals surface area (Å²) < 4.78 is 5.23. The number of hydrogen-bond donors (Lipinski definition) is 3. The summed E-state index contributed by atoms with van der Waals surface area (Å²) in [5, 5.41) is 12.1. The van der Waals surface area contributed by atoms with Crippen LogP contribution in [0.3, 0.4) is 0 Å². The molecule has 1 heterocycles. The SMILES string of the molecule is COc1ccc(C)cc1NC(=O)CSc1nc(C)c(CCO)c(=O)[nH]1. The van der Waals surface area contributed by atoms with Crippen LogP contribution >= 0.6 is 11.8 Å². The smallest absolute Gasteiger partial charge is 0.255 e. The number of carbonyl (C=O) groups is 1. The molecule has 0 spiro atoms. The van der Waals surface area contributed by atoms with Gasteiger partial charge in [0.05, 0.1) is 18.6 Å². The Balaban J connectivity index is 2.03. The molecule has 25 heavy (non-hydrogen) atoms. The average molecular weight is 363 g/mol. The summed E-state index contributed by atoms with van der Waals surface area (Å²) in [5.41, 5.74) is 2.33. The standard InChI is InChI=1S/C17H21N3O4S/c1-10-4-5-14(24-3)13(8-10)19-15(22)9-25-17-18-11(2)12(6-7-21)16(23)20-17/h4-5,8,21H,6-7,9H2,1-3H3,(H,19,22)(H,18,20,23). The first kappa shape index (κ1) is 19.0. The molecule has 0 aliphatic carbocycles. The molecule has 1 aromatic heterocycles. The zero-order valence-electron chi connectivity index (χ0n) is 14.4. The van der Waals surface area contributed by atoms with Gasteiger partial charge in [0, 0.05) is 24.3 Å². The normalized spacial score (nSPS) is 10.6. The number of aliphatic hydroxyl groups is 1. The highest BCUT2D eigenvalue weighted by molar-refractivity contribution is 7.99. The van der Waals surface area contributed by atoms with Gasteiger partial charge in [-0.25, -0.2) is 4.98 Å². The van der Waals surface area contributed by atoms with E-state index in [1.165, 1.54) is 0 Å². The number of ether oxygens (including phenoxy) is 1. The number of H-pyrrole nitrogens is 1. The minimum absolute atomic E-state index is 0.0961. The highest BCUT2D eigenvalue weighted by Crippen LogP contribution is 2.25. The second kappa shape index (κ2) is 8.68. The van der Waals surface area contributed by atoms with Gasteiger partial charge in [-0.3, -0.25) is 9.59 Å². The topological polar surface area (TPSA) is 104 Å². The number of thioether (sulfide) groups is 1. The van der Waals surface area contributed by atoms with E-state index in [0.717, 1.165) is 17.3 Å². The summed E-state index contributed by atoms with van der Waals surface area (Å²) in [6.07, 6.45) is 0.257. The van der Waals surface area contributed by atoms with Crippen molar-refractivity contribution in [1.29, 1.82) is 0 Å². The fourth-order valence-corrected chi connectivity index (χ4v) is 3.01. The maximum atomic E-state index is 12.2. The van der Waals surface area contributed by atoms with E-state index in [9.17, 15) is 9.59 Å². The third kappa shape index (κ3) is 5.07. The summed E-state index contributed by atoms with van der Waals surface area (Å²) in [6, 6.07) is 5.52. The minimum Gasteiger partial charge on any atom is -0.495 e. The molecule has 2 rings (SSSR count). The lowest BCUT2D eigenvalue weighted by atomic mass is 10.2. The fourth-order valence-electron chi connectivity index (χ4n) is 2.30. The Bertz CT molecular complexity index is 820.